The fourth-order valence-corrected chi connectivity index (χ4v) is 10.7. The second kappa shape index (κ2) is 7.73. The molecule has 0 saturated heterocycles. The lowest BCUT2D eigenvalue weighted by Gasteiger charge is -2.54. The van der Waals surface area contributed by atoms with E-state index in [1.807, 2.05) is 0 Å². The van der Waals surface area contributed by atoms with Crippen LogP contribution in [0.1, 0.15) is 89.9 Å². The third-order valence-corrected chi connectivity index (χ3v) is 11.5. The highest BCUT2D eigenvalue weighted by Gasteiger charge is 2.52. The monoisotopic (exact) mass is 438 g/mol. The van der Waals surface area contributed by atoms with Crippen LogP contribution >= 0.6 is 0 Å². The summed E-state index contributed by atoms with van der Waals surface area (Å²) < 4.78 is 0. The van der Waals surface area contributed by atoms with E-state index in [1.165, 1.54) is 64.2 Å². The molecule has 0 spiro atoms. The van der Waals surface area contributed by atoms with Gasteiger partial charge in [-0.25, -0.2) is 0 Å². The summed E-state index contributed by atoms with van der Waals surface area (Å²) in [6.07, 6.45) is 17.5. The molecule has 176 valence electrons. The van der Waals surface area contributed by atoms with Gasteiger partial charge in [-0.1, -0.05) is 0 Å². The maximum atomic E-state index is 13.2. The van der Waals surface area contributed by atoms with Crippen molar-refractivity contribution >= 4 is 11.8 Å². The molecule has 9 saturated carbocycles. The average Bonchev–Trinajstić information content (AvgIpc) is 2.73. The van der Waals surface area contributed by atoms with Crippen molar-refractivity contribution in [1.82, 2.24) is 10.6 Å². The summed E-state index contributed by atoms with van der Waals surface area (Å²) in [7, 11) is 0. The Morgan fingerprint density at radius 3 is 1.00 bits per heavy atom. The van der Waals surface area contributed by atoms with E-state index in [4.69, 9.17) is 0 Å². The van der Waals surface area contributed by atoms with Crippen molar-refractivity contribution in [3.63, 3.8) is 0 Å². The van der Waals surface area contributed by atoms with Crippen LogP contribution in [0.4, 0.5) is 0 Å². The third-order valence-electron chi connectivity index (χ3n) is 11.5. The van der Waals surface area contributed by atoms with Crippen LogP contribution in [0.15, 0.2) is 0 Å². The van der Waals surface area contributed by atoms with Gasteiger partial charge in [-0.2, -0.15) is 0 Å². The number of carbonyl (C=O) groups is 2. The molecule has 9 rings (SSSR count). The molecule has 0 unspecified atom stereocenters. The third kappa shape index (κ3) is 3.45. The van der Waals surface area contributed by atoms with Gasteiger partial charge in [-0.15, -0.1) is 0 Å². The molecule has 0 atom stereocenters. The first kappa shape index (κ1) is 20.3. The molecule has 2 amide bonds. The summed E-state index contributed by atoms with van der Waals surface area (Å²) in [5.41, 5.74) is 0. The lowest BCUT2D eigenvalue weighted by atomic mass is 9.51. The Hall–Kier alpha value is -1.06. The van der Waals surface area contributed by atoms with Crippen molar-refractivity contribution in [3.8, 4) is 0 Å². The predicted octanol–water partition coefficient (Wildman–Crippen LogP) is 4.67. The number of amides is 2. The van der Waals surface area contributed by atoms with E-state index in [9.17, 15) is 9.59 Å². The molecular weight excluding hydrogens is 396 g/mol. The summed E-state index contributed by atoms with van der Waals surface area (Å²) in [5, 5.41) is 6.95. The van der Waals surface area contributed by atoms with Gasteiger partial charge in [-0.3, -0.25) is 9.59 Å². The fourth-order valence-electron chi connectivity index (χ4n) is 10.7. The molecule has 32 heavy (non-hydrogen) atoms. The first-order chi connectivity index (χ1) is 15.6. The topological polar surface area (TPSA) is 58.2 Å². The quantitative estimate of drug-likeness (QED) is 0.670. The molecule has 0 radical (unpaired) electrons. The van der Waals surface area contributed by atoms with Gasteiger partial charge in [0.25, 0.3) is 0 Å². The summed E-state index contributed by atoms with van der Waals surface area (Å²) in [5.74, 6) is 7.74. The van der Waals surface area contributed by atoms with Gasteiger partial charge in [0.1, 0.15) is 0 Å². The Bertz CT molecular complexity index is 649. The molecule has 2 N–H and O–H groups in total. The minimum Gasteiger partial charge on any atom is -0.353 e. The van der Waals surface area contributed by atoms with Crippen LogP contribution in [0.3, 0.4) is 0 Å². The van der Waals surface area contributed by atoms with Crippen LogP contribution in [0.5, 0.6) is 0 Å². The van der Waals surface area contributed by atoms with E-state index in [0.717, 1.165) is 49.4 Å². The summed E-state index contributed by atoms with van der Waals surface area (Å²) in [4.78, 5) is 26.5. The summed E-state index contributed by atoms with van der Waals surface area (Å²) in [6.45, 7) is 0. The molecule has 0 heterocycles. The molecule has 8 bridgehead atoms. The molecular formula is C28H42N2O2. The van der Waals surface area contributed by atoms with Crippen LogP contribution < -0.4 is 10.6 Å². The zero-order chi connectivity index (χ0) is 21.4. The minimum atomic E-state index is 0.303. The smallest absolute Gasteiger partial charge is 0.223 e. The Morgan fingerprint density at radius 1 is 0.438 bits per heavy atom. The van der Waals surface area contributed by atoms with Gasteiger partial charge in [-0.05, 0) is 137 Å². The van der Waals surface area contributed by atoms with Crippen molar-refractivity contribution in [2.45, 2.75) is 102 Å². The summed E-state index contributed by atoms with van der Waals surface area (Å²) in [6, 6.07) is 0.656. The van der Waals surface area contributed by atoms with Gasteiger partial charge >= 0.3 is 0 Å². The average molecular weight is 439 g/mol. The Kier molecular flexibility index (Phi) is 4.91. The number of nitrogens with one attached hydrogen (secondary N) is 2. The number of rotatable bonds is 4. The normalized spacial score (nSPS) is 52.8. The van der Waals surface area contributed by atoms with E-state index in [2.05, 4.69) is 10.6 Å². The van der Waals surface area contributed by atoms with Crippen LogP contribution in [0.2, 0.25) is 0 Å². The predicted molar refractivity (Wildman–Crippen MR) is 123 cm³/mol. The highest BCUT2D eigenvalue weighted by atomic mass is 16.2. The first-order valence-electron chi connectivity index (χ1n) is 14.2. The SMILES string of the molecule is O=C(NC1CCC(NC(=O)C2C3CC4CC(C3)CC2C4)CC1)C1C2CC3CC(C2)CC1C3. The molecule has 4 heteroatoms. The van der Waals surface area contributed by atoms with Gasteiger partial charge in [0.05, 0.1) is 0 Å². The highest BCUT2D eigenvalue weighted by molar-refractivity contribution is 5.80. The lowest BCUT2D eigenvalue weighted by Crippen LogP contribution is -2.54. The zero-order valence-electron chi connectivity index (χ0n) is 19.6. The minimum absolute atomic E-state index is 0.303. The van der Waals surface area contributed by atoms with E-state index in [-0.39, 0.29) is 0 Å². The number of hydrogen-bond acceptors (Lipinski definition) is 2. The van der Waals surface area contributed by atoms with E-state index in [1.54, 1.807) is 0 Å². The number of carbonyl (C=O) groups excluding carboxylic acids is 2. The van der Waals surface area contributed by atoms with Crippen molar-refractivity contribution in [3.05, 3.63) is 0 Å². The van der Waals surface area contributed by atoms with Crippen LogP contribution in [-0.4, -0.2) is 23.9 Å². The lowest BCUT2D eigenvalue weighted by molar-refractivity contribution is -0.140. The zero-order valence-corrected chi connectivity index (χ0v) is 19.6. The van der Waals surface area contributed by atoms with Crippen molar-refractivity contribution < 1.29 is 9.59 Å². The second-order valence-corrected chi connectivity index (χ2v) is 13.5. The Labute approximate surface area is 193 Å². The molecule has 0 aromatic rings. The molecule has 0 aromatic carbocycles. The fraction of sp³-hybridized carbons (Fsp3) is 0.929. The van der Waals surface area contributed by atoms with Gasteiger partial charge in [0.15, 0.2) is 0 Å². The van der Waals surface area contributed by atoms with Gasteiger partial charge in [0.2, 0.25) is 11.8 Å². The van der Waals surface area contributed by atoms with E-state index in [0.29, 0.717) is 59.4 Å². The standard InChI is InChI=1S/C28H42N2O2/c31-27(25-19-7-15-5-16(9-19)10-20(25)8-15)29-23-1-2-24(4-3-23)30-28(32)26-21-11-17-6-18(13-21)14-22(26)12-17/h15-26H,1-14H2,(H,29,31)(H,30,32). The largest absolute Gasteiger partial charge is 0.353 e. The van der Waals surface area contributed by atoms with Crippen molar-refractivity contribution in [2.75, 3.05) is 0 Å². The number of hydrogen-bond donors (Lipinski definition) is 2. The van der Waals surface area contributed by atoms with Gasteiger partial charge in [0, 0.05) is 23.9 Å². The van der Waals surface area contributed by atoms with Crippen LogP contribution in [0, 0.1) is 59.2 Å². The van der Waals surface area contributed by atoms with Crippen molar-refractivity contribution in [1.29, 1.82) is 0 Å². The van der Waals surface area contributed by atoms with E-state index < -0.39 is 0 Å². The Morgan fingerprint density at radius 2 is 0.719 bits per heavy atom. The van der Waals surface area contributed by atoms with Crippen LogP contribution in [0.25, 0.3) is 0 Å². The second-order valence-electron chi connectivity index (χ2n) is 13.5. The Balaban J connectivity index is 0.905. The maximum absolute atomic E-state index is 13.2. The first-order valence-corrected chi connectivity index (χ1v) is 14.2. The highest BCUT2D eigenvalue weighted by Crippen LogP contribution is 2.57. The molecule has 9 aliphatic rings. The van der Waals surface area contributed by atoms with Crippen molar-refractivity contribution in [2.24, 2.45) is 59.2 Å². The summed E-state index contributed by atoms with van der Waals surface area (Å²) >= 11 is 0. The molecule has 9 aliphatic carbocycles. The molecule has 9 fully saturated rings. The van der Waals surface area contributed by atoms with Crippen LogP contribution in [-0.2, 0) is 9.59 Å². The molecule has 0 aliphatic heterocycles. The van der Waals surface area contributed by atoms with Gasteiger partial charge < -0.3 is 10.6 Å². The van der Waals surface area contributed by atoms with E-state index >= 15 is 0 Å². The molecule has 4 nitrogen and oxygen atoms in total. The maximum Gasteiger partial charge on any atom is 0.223 e. The molecule has 0 aromatic heterocycles.